The summed E-state index contributed by atoms with van der Waals surface area (Å²) in [5.41, 5.74) is 0. The number of likely N-dealkylation sites (tertiary alicyclic amines) is 2. The van der Waals surface area contributed by atoms with Gasteiger partial charge in [-0.05, 0) is 52.2 Å². The molecule has 4 nitrogen and oxygen atoms in total. The molecule has 0 N–H and O–H groups in total. The first-order valence-corrected chi connectivity index (χ1v) is 9.58. The van der Waals surface area contributed by atoms with Crippen molar-refractivity contribution in [2.75, 3.05) is 65.4 Å². The quantitative estimate of drug-likeness (QED) is 0.762. The van der Waals surface area contributed by atoms with E-state index in [4.69, 9.17) is 0 Å². The molecule has 0 aliphatic carbocycles. The van der Waals surface area contributed by atoms with Crippen LogP contribution in [0.2, 0.25) is 0 Å². The third-order valence-electron chi connectivity index (χ3n) is 6.20. The summed E-state index contributed by atoms with van der Waals surface area (Å²) in [5.74, 6) is 0.952. The van der Waals surface area contributed by atoms with Crippen molar-refractivity contribution in [3.05, 3.63) is 0 Å². The van der Waals surface area contributed by atoms with Gasteiger partial charge in [0.25, 0.3) is 0 Å². The van der Waals surface area contributed by atoms with Crippen LogP contribution in [0, 0.1) is 5.92 Å². The predicted molar refractivity (Wildman–Crippen MR) is 93.3 cm³/mol. The van der Waals surface area contributed by atoms with E-state index in [0.717, 1.165) is 18.0 Å². The van der Waals surface area contributed by atoms with Gasteiger partial charge in [-0.25, -0.2) is 0 Å². The van der Waals surface area contributed by atoms with Crippen LogP contribution >= 0.6 is 0 Å². The molecule has 0 amide bonds. The summed E-state index contributed by atoms with van der Waals surface area (Å²) in [4.78, 5) is 10.7. The number of hydrogen-bond acceptors (Lipinski definition) is 4. The molecular formula is C18H36N4. The predicted octanol–water partition coefficient (Wildman–Crippen LogP) is 1.43. The number of piperidine rings is 1. The molecule has 0 aromatic carbocycles. The second-order valence-electron chi connectivity index (χ2n) is 7.92. The van der Waals surface area contributed by atoms with Crippen molar-refractivity contribution < 1.29 is 0 Å². The number of piperazine rings is 1. The van der Waals surface area contributed by atoms with Gasteiger partial charge in [-0.15, -0.1) is 0 Å². The average Bonchev–Trinajstić information content (AvgIpc) is 2.51. The Bertz CT molecular complexity index is 324. The lowest BCUT2D eigenvalue weighted by Gasteiger charge is -2.49. The van der Waals surface area contributed by atoms with Crippen LogP contribution in [-0.2, 0) is 0 Å². The van der Waals surface area contributed by atoms with Crippen molar-refractivity contribution in [3.63, 3.8) is 0 Å². The molecule has 22 heavy (non-hydrogen) atoms. The van der Waals surface area contributed by atoms with E-state index in [0.29, 0.717) is 0 Å². The SMILES string of the molecule is CCN1CCN(C2CN(CC3CCN(C(C)C)CC3)C2)CC1. The molecule has 4 heteroatoms. The maximum absolute atomic E-state index is 2.74. The smallest absolute Gasteiger partial charge is 0.0351 e. The fourth-order valence-electron chi connectivity index (χ4n) is 4.38. The zero-order valence-electron chi connectivity index (χ0n) is 15.0. The molecule has 0 unspecified atom stereocenters. The van der Waals surface area contributed by atoms with E-state index in [9.17, 15) is 0 Å². The minimum atomic E-state index is 0.733. The fraction of sp³-hybridized carbons (Fsp3) is 1.00. The topological polar surface area (TPSA) is 13.0 Å². The molecule has 3 aliphatic heterocycles. The van der Waals surface area contributed by atoms with Crippen molar-refractivity contribution in [2.45, 2.75) is 45.7 Å². The second kappa shape index (κ2) is 7.61. The van der Waals surface area contributed by atoms with Gasteiger partial charge in [-0.1, -0.05) is 6.92 Å². The van der Waals surface area contributed by atoms with Gasteiger partial charge in [0, 0.05) is 57.9 Å². The van der Waals surface area contributed by atoms with Gasteiger partial charge in [0.15, 0.2) is 0 Å². The van der Waals surface area contributed by atoms with Gasteiger partial charge in [0.1, 0.15) is 0 Å². The van der Waals surface area contributed by atoms with Gasteiger partial charge < -0.3 is 9.80 Å². The first kappa shape index (κ1) is 16.7. The highest BCUT2D eigenvalue weighted by Crippen LogP contribution is 2.24. The first-order chi connectivity index (χ1) is 10.7. The maximum atomic E-state index is 2.74. The Morgan fingerprint density at radius 3 is 2.05 bits per heavy atom. The zero-order valence-corrected chi connectivity index (χ0v) is 15.0. The third-order valence-corrected chi connectivity index (χ3v) is 6.20. The standard InChI is InChI=1S/C18H36N4/c1-4-19-9-11-22(12-10-19)18-14-20(15-18)13-17-5-7-21(8-6-17)16(2)3/h16-18H,4-15H2,1-3H3. The summed E-state index contributed by atoms with van der Waals surface area (Å²) in [5, 5.41) is 0. The molecule has 3 rings (SSSR count). The summed E-state index contributed by atoms with van der Waals surface area (Å²) >= 11 is 0. The Morgan fingerprint density at radius 1 is 0.864 bits per heavy atom. The van der Waals surface area contributed by atoms with Gasteiger partial charge in [0.2, 0.25) is 0 Å². The summed E-state index contributed by atoms with van der Waals surface area (Å²) in [7, 11) is 0. The summed E-state index contributed by atoms with van der Waals surface area (Å²) < 4.78 is 0. The van der Waals surface area contributed by atoms with Gasteiger partial charge in [-0.3, -0.25) is 9.80 Å². The molecule has 3 heterocycles. The maximum Gasteiger partial charge on any atom is 0.0351 e. The van der Waals surface area contributed by atoms with E-state index >= 15 is 0 Å². The summed E-state index contributed by atoms with van der Waals surface area (Å²) in [6.45, 7) is 20.0. The Balaban J connectivity index is 1.31. The van der Waals surface area contributed by atoms with Crippen LogP contribution in [0.4, 0.5) is 0 Å². The Labute approximate surface area is 137 Å². The lowest BCUT2D eigenvalue weighted by Crippen LogP contribution is -2.63. The van der Waals surface area contributed by atoms with Crippen molar-refractivity contribution in [1.29, 1.82) is 0 Å². The number of nitrogens with zero attached hydrogens (tertiary/aromatic N) is 4. The Morgan fingerprint density at radius 2 is 1.50 bits per heavy atom. The van der Waals surface area contributed by atoms with Crippen LogP contribution in [0.3, 0.4) is 0 Å². The van der Waals surface area contributed by atoms with Crippen LogP contribution in [0.1, 0.15) is 33.6 Å². The van der Waals surface area contributed by atoms with Gasteiger partial charge in [0.05, 0.1) is 0 Å². The van der Waals surface area contributed by atoms with E-state index in [1.165, 1.54) is 78.3 Å². The largest absolute Gasteiger partial charge is 0.301 e. The van der Waals surface area contributed by atoms with Gasteiger partial charge >= 0.3 is 0 Å². The molecule has 0 aromatic rings. The van der Waals surface area contributed by atoms with E-state index in [-0.39, 0.29) is 0 Å². The average molecular weight is 309 g/mol. The van der Waals surface area contributed by atoms with Crippen molar-refractivity contribution in [2.24, 2.45) is 5.92 Å². The van der Waals surface area contributed by atoms with Gasteiger partial charge in [-0.2, -0.15) is 0 Å². The van der Waals surface area contributed by atoms with E-state index in [2.05, 4.69) is 40.4 Å². The molecule has 3 saturated heterocycles. The second-order valence-corrected chi connectivity index (χ2v) is 7.92. The van der Waals surface area contributed by atoms with Crippen molar-refractivity contribution in [1.82, 2.24) is 19.6 Å². The lowest BCUT2D eigenvalue weighted by molar-refractivity contribution is -0.00670. The molecule has 0 radical (unpaired) electrons. The molecule has 0 atom stereocenters. The molecule has 0 spiro atoms. The zero-order chi connectivity index (χ0) is 15.5. The van der Waals surface area contributed by atoms with Crippen LogP contribution in [-0.4, -0.2) is 97.1 Å². The fourth-order valence-corrected chi connectivity index (χ4v) is 4.38. The minimum absolute atomic E-state index is 0.733. The number of hydrogen-bond donors (Lipinski definition) is 0. The Hall–Kier alpha value is -0.160. The minimum Gasteiger partial charge on any atom is -0.301 e. The third kappa shape index (κ3) is 4.02. The Kier molecular flexibility index (Phi) is 5.77. The van der Waals surface area contributed by atoms with Crippen LogP contribution in [0.5, 0.6) is 0 Å². The highest BCUT2D eigenvalue weighted by atomic mass is 15.3. The van der Waals surface area contributed by atoms with Crippen LogP contribution in [0.25, 0.3) is 0 Å². The highest BCUT2D eigenvalue weighted by molar-refractivity contribution is 4.91. The summed E-state index contributed by atoms with van der Waals surface area (Å²) in [6.07, 6.45) is 2.82. The van der Waals surface area contributed by atoms with Crippen LogP contribution in [0.15, 0.2) is 0 Å². The molecule has 0 saturated carbocycles. The first-order valence-electron chi connectivity index (χ1n) is 9.58. The van der Waals surface area contributed by atoms with Crippen molar-refractivity contribution in [3.8, 4) is 0 Å². The lowest BCUT2D eigenvalue weighted by atomic mass is 9.93. The van der Waals surface area contributed by atoms with Crippen LogP contribution < -0.4 is 0 Å². The number of likely N-dealkylation sites (N-methyl/N-ethyl adjacent to an activating group) is 1. The molecular weight excluding hydrogens is 272 g/mol. The van der Waals surface area contributed by atoms with Crippen molar-refractivity contribution >= 4 is 0 Å². The molecule has 128 valence electrons. The highest BCUT2D eigenvalue weighted by Gasteiger charge is 2.34. The normalized spacial score (nSPS) is 28.4. The van der Waals surface area contributed by atoms with E-state index in [1.807, 2.05) is 0 Å². The summed E-state index contributed by atoms with van der Waals surface area (Å²) in [6, 6.07) is 1.59. The molecule has 3 aliphatic rings. The monoisotopic (exact) mass is 308 g/mol. The van der Waals surface area contributed by atoms with E-state index < -0.39 is 0 Å². The van der Waals surface area contributed by atoms with E-state index in [1.54, 1.807) is 0 Å². The molecule has 0 aromatic heterocycles. The molecule has 3 fully saturated rings. The molecule has 0 bridgehead atoms. The number of rotatable bonds is 5.